The van der Waals surface area contributed by atoms with Gasteiger partial charge in [-0.3, -0.25) is 9.78 Å². The fourth-order valence-corrected chi connectivity index (χ4v) is 2.96. The number of hydrogen-bond donors (Lipinski definition) is 1. The molecule has 1 aromatic heterocycles. The molecule has 0 spiro atoms. The predicted octanol–water partition coefficient (Wildman–Crippen LogP) is 2.85. The second-order valence-electron chi connectivity index (χ2n) is 6.04. The van der Waals surface area contributed by atoms with Crippen LogP contribution in [0.5, 0.6) is 0 Å². The number of aliphatic hydroxyl groups excluding tert-OH is 1. The number of aliphatic hydroxyl groups is 1. The summed E-state index contributed by atoms with van der Waals surface area (Å²) in [6.07, 6.45) is 2.23. The van der Waals surface area contributed by atoms with E-state index >= 15 is 0 Å². The molecule has 1 heterocycles. The van der Waals surface area contributed by atoms with Crippen LogP contribution in [-0.4, -0.2) is 54.3 Å². The molecule has 0 radical (unpaired) electrons. The third-order valence-corrected chi connectivity index (χ3v) is 4.47. The zero-order valence-electron chi connectivity index (χ0n) is 13.7. The summed E-state index contributed by atoms with van der Waals surface area (Å²) in [5.41, 5.74) is 2.33. The number of pyridine rings is 1. The number of rotatable bonds is 7. The number of nitrogens with zero attached hydrogens (tertiary/aromatic N) is 2. The molecule has 1 saturated carbocycles. The maximum absolute atomic E-state index is 13.0. The first-order valence-electron chi connectivity index (χ1n) is 8.13. The average Bonchev–Trinajstić information content (AvgIpc) is 3.42. The summed E-state index contributed by atoms with van der Waals surface area (Å²) in [6.45, 7) is 1.03. The van der Waals surface area contributed by atoms with Crippen LogP contribution in [0.25, 0.3) is 10.9 Å². The fourth-order valence-electron chi connectivity index (χ4n) is 2.79. The van der Waals surface area contributed by atoms with Crippen LogP contribution in [0, 0.1) is 0 Å². The topological polar surface area (TPSA) is 62.7 Å². The molecular weight excluding hydrogens is 328 g/mol. The van der Waals surface area contributed by atoms with Gasteiger partial charge in [0.2, 0.25) is 0 Å². The molecule has 5 nitrogen and oxygen atoms in total. The Balaban J connectivity index is 2.04. The van der Waals surface area contributed by atoms with E-state index < -0.39 is 0 Å². The zero-order chi connectivity index (χ0) is 17.1. The number of carbonyl (C=O) groups is 1. The van der Waals surface area contributed by atoms with Crippen molar-refractivity contribution < 1.29 is 14.6 Å². The van der Waals surface area contributed by atoms with Gasteiger partial charge in [0.05, 0.1) is 24.3 Å². The lowest BCUT2D eigenvalue weighted by Crippen LogP contribution is -2.36. The first kappa shape index (κ1) is 17.1. The number of aromatic nitrogens is 1. The molecule has 1 fully saturated rings. The van der Waals surface area contributed by atoms with E-state index in [0.717, 1.165) is 29.4 Å². The van der Waals surface area contributed by atoms with Crippen molar-refractivity contribution in [2.75, 3.05) is 33.4 Å². The molecule has 1 amide bonds. The Morgan fingerprint density at radius 1 is 1.38 bits per heavy atom. The van der Waals surface area contributed by atoms with Crippen molar-refractivity contribution in [2.24, 2.45) is 0 Å². The summed E-state index contributed by atoms with van der Waals surface area (Å²) in [7, 11) is 1.59. The van der Waals surface area contributed by atoms with Crippen LogP contribution >= 0.6 is 11.6 Å². The van der Waals surface area contributed by atoms with E-state index in [9.17, 15) is 9.90 Å². The molecule has 128 valence electrons. The standard InChI is InChI=1S/C18H21ClN2O3/c1-24-9-7-21(6-8-22)18(23)15-11-17(12-2-3-12)20-16-5-4-13(19)10-14(15)16/h4-5,10-12,22H,2-3,6-9H2,1H3. The van der Waals surface area contributed by atoms with E-state index in [4.69, 9.17) is 16.3 Å². The Bertz CT molecular complexity index is 746. The zero-order valence-corrected chi connectivity index (χ0v) is 14.4. The summed E-state index contributed by atoms with van der Waals surface area (Å²) in [5.74, 6) is 0.319. The van der Waals surface area contributed by atoms with Crippen molar-refractivity contribution in [3.63, 3.8) is 0 Å². The van der Waals surface area contributed by atoms with Crippen LogP contribution in [0.4, 0.5) is 0 Å². The Kier molecular flexibility index (Phi) is 5.33. The van der Waals surface area contributed by atoms with Crippen LogP contribution in [0.3, 0.4) is 0 Å². The molecule has 0 atom stereocenters. The molecule has 1 aromatic carbocycles. The molecule has 2 aromatic rings. The third kappa shape index (κ3) is 3.69. The van der Waals surface area contributed by atoms with Gasteiger partial charge in [0.1, 0.15) is 0 Å². The molecule has 1 aliphatic carbocycles. The highest BCUT2D eigenvalue weighted by Gasteiger charge is 2.28. The Hall–Kier alpha value is -1.69. The number of methoxy groups -OCH3 is 1. The van der Waals surface area contributed by atoms with Gasteiger partial charge >= 0.3 is 0 Å². The number of halogens is 1. The van der Waals surface area contributed by atoms with Gasteiger partial charge in [-0.2, -0.15) is 0 Å². The summed E-state index contributed by atoms with van der Waals surface area (Å²) in [6, 6.07) is 7.31. The number of benzene rings is 1. The van der Waals surface area contributed by atoms with Crippen molar-refractivity contribution in [1.29, 1.82) is 0 Å². The van der Waals surface area contributed by atoms with Gasteiger partial charge in [0.25, 0.3) is 5.91 Å². The minimum absolute atomic E-state index is 0.0886. The van der Waals surface area contributed by atoms with Crippen molar-refractivity contribution in [3.05, 3.63) is 40.5 Å². The Morgan fingerprint density at radius 3 is 2.83 bits per heavy atom. The minimum Gasteiger partial charge on any atom is -0.395 e. The van der Waals surface area contributed by atoms with Gasteiger partial charge in [-0.15, -0.1) is 0 Å². The lowest BCUT2D eigenvalue weighted by atomic mass is 10.0. The van der Waals surface area contributed by atoms with Crippen LogP contribution in [-0.2, 0) is 4.74 Å². The van der Waals surface area contributed by atoms with Gasteiger partial charge in [0, 0.05) is 42.2 Å². The summed E-state index contributed by atoms with van der Waals surface area (Å²) in [4.78, 5) is 19.3. The van der Waals surface area contributed by atoms with Gasteiger partial charge in [0.15, 0.2) is 0 Å². The quantitative estimate of drug-likeness (QED) is 0.835. The second kappa shape index (κ2) is 7.47. The summed E-state index contributed by atoms with van der Waals surface area (Å²) in [5, 5.41) is 10.6. The highest BCUT2D eigenvalue weighted by molar-refractivity contribution is 6.31. The Morgan fingerprint density at radius 2 is 2.17 bits per heavy atom. The lowest BCUT2D eigenvalue weighted by molar-refractivity contribution is 0.0658. The first-order valence-corrected chi connectivity index (χ1v) is 8.51. The highest BCUT2D eigenvalue weighted by Crippen LogP contribution is 2.40. The molecular formula is C18H21ClN2O3. The largest absolute Gasteiger partial charge is 0.395 e. The van der Waals surface area contributed by atoms with E-state index in [2.05, 4.69) is 4.98 Å². The van der Waals surface area contributed by atoms with Crippen LogP contribution < -0.4 is 0 Å². The molecule has 0 bridgehead atoms. The van der Waals surface area contributed by atoms with E-state index in [-0.39, 0.29) is 19.1 Å². The van der Waals surface area contributed by atoms with Gasteiger partial charge < -0.3 is 14.7 Å². The van der Waals surface area contributed by atoms with Crippen LogP contribution in [0.2, 0.25) is 5.02 Å². The molecule has 0 aliphatic heterocycles. The molecule has 1 N–H and O–H groups in total. The van der Waals surface area contributed by atoms with Crippen molar-refractivity contribution in [2.45, 2.75) is 18.8 Å². The predicted molar refractivity (Wildman–Crippen MR) is 93.6 cm³/mol. The van der Waals surface area contributed by atoms with Gasteiger partial charge in [-0.25, -0.2) is 0 Å². The average molecular weight is 349 g/mol. The normalized spacial score (nSPS) is 14.1. The van der Waals surface area contributed by atoms with Gasteiger partial charge in [-0.05, 0) is 37.1 Å². The van der Waals surface area contributed by atoms with Crippen LogP contribution in [0.15, 0.2) is 24.3 Å². The number of fused-ring (bicyclic) bond motifs is 1. The summed E-state index contributed by atoms with van der Waals surface area (Å²) >= 11 is 6.12. The lowest BCUT2D eigenvalue weighted by Gasteiger charge is -2.22. The summed E-state index contributed by atoms with van der Waals surface area (Å²) < 4.78 is 5.07. The Labute approximate surface area is 146 Å². The minimum atomic E-state index is -0.127. The number of amides is 1. The van der Waals surface area contributed by atoms with E-state index in [1.165, 1.54) is 0 Å². The SMILES string of the molecule is COCCN(CCO)C(=O)c1cc(C2CC2)nc2ccc(Cl)cc12. The van der Waals surface area contributed by atoms with Crippen LogP contribution in [0.1, 0.15) is 34.8 Å². The van der Waals surface area contributed by atoms with E-state index in [1.807, 2.05) is 12.1 Å². The maximum atomic E-state index is 13.0. The van der Waals surface area contributed by atoms with Crippen molar-refractivity contribution in [1.82, 2.24) is 9.88 Å². The van der Waals surface area contributed by atoms with E-state index in [1.54, 1.807) is 24.1 Å². The monoisotopic (exact) mass is 348 g/mol. The molecule has 6 heteroatoms. The van der Waals surface area contributed by atoms with Crippen molar-refractivity contribution >= 4 is 28.4 Å². The van der Waals surface area contributed by atoms with Gasteiger partial charge in [-0.1, -0.05) is 11.6 Å². The molecule has 0 saturated heterocycles. The van der Waals surface area contributed by atoms with E-state index in [0.29, 0.717) is 29.7 Å². The molecule has 24 heavy (non-hydrogen) atoms. The smallest absolute Gasteiger partial charge is 0.254 e. The first-order chi connectivity index (χ1) is 11.6. The fraction of sp³-hybridized carbons (Fsp3) is 0.444. The molecule has 0 unspecified atom stereocenters. The molecule has 3 rings (SSSR count). The highest BCUT2D eigenvalue weighted by atomic mass is 35.5. The number of hydrogen-bond acceptors (Lipinski definition) is 4. The third-order valence-electron chi connectivity index (χ3n) is 4.24. The second-order valence-corrected chi connectivity index (χ2v) is 6.48. The maximum Gasteiger partial charge on any atom is 0.254 e. The molecule has 1 aliphatic rings. The number of carbonyl (C=O) groups excluding carboxylic acids is 1. The number of ether oxygens (including phenoxy) is 1. The van der Waals surface area contributed by atoms with Crippen molar-refractivity contribution in [3.8, 4) is 0 Å².